The highest BCUT2D eigenvalue weighted by Gasteiger charge is 2.29. The van der Waals surface area contributed by atoms with E-state index in [9.17, 15) is 13.6 Å². The molecule has 1 heterocycles. The lowest BCUT2D eigenvalue weighted by molar-refractivity contribution is -0.128. The monoisotopic (exact) mass is 197 g/mol. The molecule has 0 fully saturated rings. The van der Waals surface area contributed by atoms with Crippen LogP contribution in [0.3, 0.4) is 0 Å². The summed E-state index contributed by atoms with van der Waals surface area (Å²) >= 11 is 0. The summed E-state index contributed by atoms with van der Waals surface area (Å²) in [5.41, 5.74) is 1.58. The second-order valence-electron chi connectivity index (χ2n) is 3.17. The van der Waals surface area contributed by atoms with E-state index in [2.05, 4.69) is 0 Å². The Labute approximate surface area is 80.1 Å². The lowest BCUT2D eigenvalue weighted by Crippen LogP contribution is -2.33. The highest BCUT2D eigenvalue weighted by Crippen LogP contribution is 2.28. The van der Waals surface area contributed by atoms with Crippen LogP contribution < -0.4 is 4.90 Å². The van der Waals surface area contributed by atoms with Gasteiger partial charge in [0.15, 0.2) is 0 Å². The number of halogens is 2. The van der Waals surface area contributed by atoms with Gasteiger partial charge in [-0.25, -0.2) is 0 Å². The first kappa shape index (κ1) is 9.12. The standard InChI is InChI=1S/C10H9F2NO/c11-9(12)10(14)13-6-5-7-3-1-2-4-8(7)13/h1-4,9H,5-6H2. The van der Waals surface area contributed by atoms with Crippen molar-refractivity contribution in [3.05, 3.63) is 29.8 Å². The van der Waals surface area contributed by atoms with Crippen molar-refractivity contribution in [1.29, 1.82) is 0 Å². The van der Waals surface area contributed by atoms with Gasteiger partial charge in [-0.15, -0.1) is 0 Å². The second-order valence-corrected chi connectivity index (χ2v) is 3.17. The van der Waals surface area contributed by atoms with E-state index in [-0.39, 0.29) is 0 Å². The first-order valence-electron chi connectivity index (χ1n) is 4.37. The normalized spacial score (nSPS) is 14.6. The van der Waals surface area contributed by atoms with E-state index in [1.165, 1.54) is 0 Å². The summed E-state index contributed by atoms with van der Waals surface area (Å²) in [5.74, 6) is -1.10. The Morgan fingerprint density at radius 3 is 2.79 bits per heavy atom. The third-order valence-electron chi connectivity index (χ3n) is 2.34. The van der Waals surface area contributed by atoms with Gasteiger partial charge >= 0.3 is 6.43 Å². The molecule has 2 nitrogen and oxygen atoms in total. The van der Waals surface area contributed by atoms with Crippen molar-refractivity contribution in [3.8, 4) is 0 Å². The van der Waals surface area contributed by atoms with E-state index in [0.29, 0.717) is 18.7 Å². The number of carbonyl (C=O) groups excluding carboxylic acids is 1. The van der Waals surface area contributed by atoms with Crippen LogP contribution in [0, 0.1) is 0 Å². The van der Waals surface area contributed by atoms with Gasteiger partial charge in [-0.1, -0.05) is 18.2 Å². The summed E-state index contributed by atoms with van der Waals surface area (Å²) in [6.07, 6.45) is -2.25. The third-order valence-corrected chi connectivity index (χ3v) is 2.34. The molecule has 0 aromatic heterocycles. The molecule has 2 rings (SSSR count). The summed E-state index contributed by atoms with van der Waals surface area (Å²) in [6.45, 7) is 0.364. The largest absolute Gasteiger partial charge is 0.316 e. The molecule has 1 aromatic rings. The number of nitrogens with zero attached hydrogens (tertiary/aromatic N) is 1. The van der Waals surface area contributed by atoms with Crippen LogP contribution in [-0.4, -0.2) is 18.9 Å². The van der Waals surface area contributed by atoms with Crippen molar-refractivity contribution in [1.82, 2.24) is 0 Å². The molecule has 0 aliphatic carbocycles. The molecule has 74 valence electrons. The number of hydrogen-bond donors (Lipinski definition) is 0. The first-order chi connectivity index (χ1) is 6.70. The summed E-state index contributed by atoms with van der Waals surface area (Å²) in [5, 5.41) is 0. The maximum absolute atomic E-state index is 12.2. The van der Waals surface area contributed by atoms with E-state index >= 15 is 0 Å². The Bertz CT molecular complexity index is 365. The minimum absolute atomic E-state index is 0.364. The van der Waals surface area contributed by atoms with E-state index in [1.54, 1.807) is 12.1 Å². The van der Waals surface area contributed by atoms with Gasteiger partial charge in [-0.05, 0) is 18.1 Å². The average Bonchev–Trinajstić information content (AvgIpc) is 2.60. The Hall–Kier alpha value is -1.45. The molecule has 0 radical (unpaired) electrons. The predicted octanol–water partition coefficient (Wildman–Crippen LogP) is 1.84. The number of alkyl halides is 2. The Morgan fingerprint density at radius 2 is 2.07 bits per heavy atom. The molecule has 1 aromatic carbocycles. The lowest BCUT2D eigenvalue weighted by Gasteiger charge is -2.16. The zero-order valence-corrected chi connectivity index (χ0v) is 7.41. The second kappa shape index (κ2) is 3.36. The quantitative estimate of drug-likeness (QED) is 0.672. The first-order valence-corrected chi connectivity index (χ1v) is 4.37. The van der Waals surface area contributed by atoms with Crippen LogP contribution >= 0.6 is 0 Å². The number of amides is 1. The van der Waals surface area contributed by atoms with Crippen molar-refractivity contribution in [2.24, 2.45) is 0 Å². The van der Waals surface area contributed by atoms with Crippen LogP contribution in [0.25, 0.3) is 0 Å². The molecule has 4 heteroatoms. The molecule has 14 heavy (non-hydrogen) atoms. The zero-order chi connectivity index (χ0) is 10.1. The number of hydrogen-bond acceptors (Lipinski definition) is 1. The van der Waals surface area contributed by atoms with Gasteiger partial charge in [0.25, 0.3) is 5.91 Å². The van der Waals surface area contributed by atoms with E-state index in [4.69, 9.17) is 0 Å². The fourth-order valence-electron chi connectivity index (χ4n) is 1.68. The number of rotatable bonds is 1. The minimum atomic E-state index is -2.92. The van der Waals surface area contributed by atoms with Crippen LogP contribution in [0.5, 0.6) is 0 Å². The summed E-state index contributed by atoms with van der Waals surface area (Å²) < 4.78 is 24.4. The Kier molecular flexibility index (Phi) is 2.19. The summed E-state index contributed by atoms with van der Waals surface area (Å²) in [4.78, 5) is 12.2. The highest BCUT2D eigenvalue weighted by molar-refractivity contribution is 5.97. The molecule has 0 saturated heterocycles. The van der Waals surface area contributed by atoms with Crippen molar-refractivity contribution in [3.63, 3.8) is 0 Å². The number of benzene rings is 1. The maximum Gasteiger partial charge on any atom is 0.316 e. The number of carbonyl (C=O) groups is 1. The van der Waals surface area contributed by atoms with Crippen molar-refractivity contribution >= 4 is 11.6 Å². The van der Waals surface area contributed by atoms with Gasteiger partial charge in [-0.2, -0.15) is 8.78 Å². The lowest BCUT2D eigenvalue weighted by atomic mass is 10.2. The fraction of sp³-hybridized carbons (Fsp3) is 0.300. The Balaban J connectivity index is 2.30. The van der Waals surface area contributed by atoms with Crippen LogP contribution in [0.15, 0.2) is 24.3 Å². The van der Waals surface area contributed by atoms with Crippen LogP contribution in [-0.2, 0) is 11.2 Å². The molecule has 0 atom stereocenters. The van der Waals surface area contributed by atoms with E-state index in [0.717, 1.165) is 10.5 Å². The average molecular weight is 197 g/mol. The van der Waals surface area contributed by atoms with Crippen molar-refractivity contribution in [2.45, 2.75) is 12.8 Å². The molecule has 0 spiro atoms. The molecule has 1 amide bonds. The van der Waals surface area contributed by atoms with Crippen LogP contribution in [0.4, 0.5) is 14.5 Å². The highest BCUT2D eigenvalue weighted by atomic mass is 19.3. The van der Waals surface area contributed by atoms with Gasteiger partial charge in [-0.3, -0.25) is 4.79 Å². The zero-order valence-electron chi connectivity index (χ0n) is 7.41. The molecule has 1 aliphatic heterocycles. The third kappa shape index (κ3) is 1.36. The molecule has 0 N–H and O–H groups in total. The molecule has 1 aliphatic rings. The van der Waals surface area contributed by atoms with Crippen molar-refractivity contribution < 1.29 is 13.6 Å². The van der Waals surface area contributed by atoms with Crippen LogP contribution in [0.1, 0.15) is 5.56 Å². The van der Waals surface area contributed by atoms with Crippen LogP contribution in [0.2, 0.25) is 0 Å². The number of para-hydroxylation sites is 1. The van der Waals surface area contributed by atoms with E-state index in [1.807, 2.05) is 12.1 Å². The van der Waals surface area contributed by atoms with Gasteiger partial charge in [0.05, 0.1) is 0 Å². The predicted molar refractivity (Wildman–Crippen MR) is 48.5 cm³/mol. The van der Waals surface area contributed by atoms with Gasteiger partial charge in [0.2, 0.25) is 0 Å². The number of anilines is 1. The molecule has 0 bridgehead atoms. The smallest absolute Gasteiger partial charge is 0.307 e. The molecular weight excluding hydrogens is 188 g/mol. The minimum Gasteiger partial charge on any atom is -0.307 e. The van der Waals surface area contributed by atoms with Gasteiger partial charge in [0.1, 0.15) is 0 Å². The molecular formula is C10H9F2NO. The topological polar surface area (TPSA) is 20.3 Å². The van der Waals surface area contributed by atoms with Crippen molar-refractivity contribution in [2.75, 3.05) is 11.4 Å². The fourth-order valence-corrected chi connectivity index (χ4v) is 1.68. The maximum atomic E-state index is 12.2. The molecule has 0 saturated carbocycles. The summed E-state index contributed by atoms with van der Waals surface area (Å²) in [7, 11) is 0. The number of fused-ring (bicyclic) bond motifs is 1. The van der Waals surface area contributed by atoms with Gasteiger partial charge in [0, 0.05) is 12.2 Å². The van der Waals surface area contributed by atoms with E-state index < -0.39 is 12.3 Å². The SMILES string of the molecule is O=C(C(F)F)N1CCc2ccccc21. The molecule has 0 unspecified atom stereocenters. The summed E-state index contributed by atoms with van der Waals surface area (Å²) in [6, 6.07) is 7.14. The Morgan fingerprint density at radius 1 is 1.36 bits per heavy atom. The van der Waals surface area contributed by atoms with Gasteiger partial charge < -0.3 is 4.90 Å².